The Morgan fingerprint density at radius 1 is 0.927 bits per heavy atom. The first-order valence-electron chi connectivity index (χ1n) is 15.2. The van der Waals surface area contributed by atoms with Crippen molar-refractivity contribution >= 4 is 24.5 Å². The second-order valence-electron chi connectivity index (χ2n) is 12.9. The van der Waals surface area contributed by atoms with Gasteiger partial charge in [0.05, 0.1) is 18.3 Å². The zero-order chi connectivity index (χ0) is 29.3. The molecule has 0 aliphatic carbocycles. The minimum atomic E-state index is -2.55. The van der Waals surface area contributed by atoms with E-state index < -0.39 is 13.9 Å². The number of rotatable bonds is 12. The van der Waals surface area contributed by atoms with Crippen molar-refractivity contribution < 1.29 is 18.7 Å². The fourth-order valence-corrected chi connectivity index (χ4v) is 10.9. The molecule has 1 saturated heterocycles. The van der Waals surface area contributed by atoms with E-state index in [1.807, 2.05) is 18.2 Å². The Hall–Kier alpha value is -2.57. The molecule has 0 spiro atoms. The average Bonchev–Trinajstić information content (AvgIpc) is 3.11. The molecule has 4 nitrogen and oxygen atoms in total. The lowest BCUT2D eigenvalue weighted by molar-refractivity contribution is -0.146. The van der Waals surface area contributed by atoms with Crippen LogP contribution in [0, 0.1) is 5.92 Å². The number of Topliss-reactive ketones (excluding diaryl/α,β-unsaturated/α-hetero) is 1. The highest BCUT2D eigenvalue weighted by molar-refractivity contribution is 6.99. The lowest BCUT2D eigenvalue weighted by Gasteiger charge is -2.43. The minimum absolute atomic E-state index is 0.0348. The molecule has 1 heterocycles. The van der Waals surface area contributed by atoms with Crippen molar-refractivity contribution in [1.82, 2.24) is 0 Å². The quantitative estimate of drug-likeness (QED) is 0.217. The number of carbonyl (C=O) groups is 1. The predicted molar refractivity (Wildman–Crippen MR) is 170 cm³/mol. The monoisotopic (exact) mass is 572 g/mol. The van der Waals surface area contributed by atoms with Crippen LogP contribution in [0.3, 0.4) is 0 Å². The summed E-state index contributed by atoms with van der Waals surface area (Å²) in [5.41, 5.74) is 0.652. The van der Waals surface area contributed by atoms with E-state index in [0.29, 0.717) is 32.0 Å². The van der Waals surface area contributed by atoms with Gasteiger partial charge in [0, 0.05) is 13.0 Å². The van der Waals surface area contributed by atoms with Gasteiger partial charge in [-0.15, -0.1) is 0 Å². The summed E-state index contributed by atoms with van der Waals surface area (Å²) >= 11 is 0. The molecule has 3 aromatic rings. The Balaban J connectivity index is 1.42. The molecule has 1 aliphatic heterocycles. The summed E-state index contributed by atoms with van der Waals surface area (Å²) in [6, 6.07) is 31.9. The smallest absolute Gasteiger partial charge is 0.261 e. The molecule has 3 atom stereocenters. The second kappa shape index (κ2) is 14.1. The van der Waals surface area contributed by atoms with Crippen molar-refractivity contribution in [2.24, 2.45) is 5.92 Å². The molecule has 0 aromatic heterocycles. The number of ketones is 1. The highest BCUT2D eigenvalue weighted by atomic mass is 28.4. The summed E-state index contributed by atoms with van der Waals surface area (Å²) in [7, 11) is -2.55. The Labute approximate surface area is 248 Å². The third-order valence-corrected chi connectivity index (χ3v) is 13.6. The minimum Gasteiger partial charge on any atom is -0.407 e. The van der Waals surface area contributed by atoms with Crippen LogP contribution in [-0.2, 0) is 25.3 Å². The van der Waals surface area contributed by atoms with Crippen LogP contribution < -0.4 is 10.4 Å². The Morgan fingerprint density at radius 2 is 1.49 bits per heavy atom. The number of ether oxygens (including phenoxy) is 2. The van der Waals surface area contributed by atoms with Crippen LogP contribution >= 0.6 is 0 Å². The summed E-state index contributed by atoms with van der Waals surface area (Å²) < 4.78 is 19.8. The summed E-state index contributed by atoms with van der Waals surface area (Å²) in [6.07, 6.45) is 3.96. The lowest BCUT2D eigenvalue weighted by Crippen LogP contribution is -2.66. The van der Waals surface area contributed by atoms with E-state index in [0.717, 1.165) is 24.8 Å². The molecule has 3 aromatic carbocycles. The van der Waals surface area contributed by atoms with Crippen LogP contribution in [0.2, 0.25) is 5.04 Å². The van der Waals surface area contributed by atoms with E-state index in [4.69, 9.17) is 13.9 Å². The molecule has 0 bridgehead atoms. The van der Waals surface area contributed by atoms with Crippen molar-refractivity contribution in [3.05, 3.63) is 96.6 Å². The first-order valence-corrected chi connectivity index (χ1v) is 17.1. The first kappa shape index (κ1) is 31.4. The van der Waals surface area contributed by atoms with E-state index in [-0.39, 0.29) is 23.5 Å². The maximum atomic E-state index is 12.3. The van der Waals surface area contributed by atoms with Crippen molar-refractivity contribution in [3.63, 3.8) is 0 Å². The van der Waals surface area contributed by atoms with Crippen LogP contribution in [-0.4, -0.2) is 39.0 Å². The van der Waals surface area contributed by atoms with Gasteiger partial charge in [-0.25, -0.2) is 0 Å². The van der Waals surface area contributed by atoms with Gasteiger partial charge in [0.25, 0.3) is 8.32 Å². The van der Waals surface area contributed by atoms with Gasteiger partial charge in [-0.3, -0.25) is 4.79 Å². The lowest BCUT2D eigenvalue weighted by atomic mass is 9.88. The van der Waals surface area contributed by atoms with Crippen LogP contribution in [0.4, 0.5) is 0 Å². The van der Waals surface area contributed by atoms with Gasteiger partial charge in [0.2, 0.25) is 0 Å². The molecule has 5 heteroatoms. The molecule has 4 rings (SSSR count). The zero-order valence-corrected chi connectivity index (χ0v) is 26.6. The molecule has 1 aliphatic rings. The topological polar surface area (TPSA) is 44.8 Å². The standard InChI is InChI=1S/C36H48O4Si/c1-29(26-40-41(35(2,3)4,32-19-11-7-12-20-32)33-21-13-8-14-22-33)16-15-25-36(5)34(24-23-31(37)28-39-36)38-27-30-17-9-6-10-18-30/h6-14,17-22,29,34H,15-16,23-28H2,1-5H3/t29?,34-,36+/m1/s1. The van der Waals surface area contributed by atoms with Gasteiger partial charge in [-0.05, 0) is 53.1 Å². The molecular weight excluding hydrogens is 524 g/mol. The molecule has 0 N–H and O–H groups in total. The van der Waals surface area contributed by atoms with Gasteiger partial charge in [0.15, 0.2) is 5.78 Å². The number of hydrogen-bond acceptors (Lipinski definition) is 4. The summed E-state index contributed by atoms with van der Waals surface area (Å²) in [5, 5.41) is 2.59. The van der Waals surface area contributed by atoms with Crippen molar-refractivity contribution in [1.29, 1.82) is 0 Å². The van der Waals surface area contributed by atoms with Gasteiger partial charge < -0.3 is 13.9 Å². The molecular formula is C36H48O4Si. The normalized spacial score (nSPS) is 20.9. The fourth-order valence-electron chi connectivity index (χ4n) is 6.19. The van der Waals surface area contributed by atoms with Crippen LogP contribution in [0.5, 0.6) is 0 Å². The maximum absolute atomic E-state index is 12.3. The van der Waals surface area contributed by atoms with Gasteiger partial charge in [-0.1, -0.05) is 125 Å². The van der Waals surface area contributed by atoms with Crippen molar-refractivity contribution in [2.45, 2.75) is 90.1 Å². The Bertz CT molecular complexity index is 1170. The predicted octanol–water partition coefficient (Wildman–Crippen LogP) is 7.09. The largest absolute Gasteiger partial charge is 0.407 e. The van der Waals surface area contributed by atoms with E-state index in [2.05, 4.69) is 107 Å². The Kier molecular flexibility index (Phi) is 10.8. The molecule has 1 unspecified atom stereocenters. The second-order valence-corrected chi connectivity index (χ2v) is 17.2. The SMILES string of the molecule is CC(CCC[C@]1(C)OCC(=O)CC[C@H]1OCc1ccccc1)CO[Si](c1ccccc1)(c1ccccc1)C(C)(C)C. The number of benzene rings is 3. The summed E-state index contributed by atoms with van der Waals surface area (Å²) in [6.45, 7) is 12.8. The van der Waals surface area contributed by atoms with Crippen molar-refractivity contribution in [3.8, 4) is 0 Å². The van der Waals surface area contributed by atoms with Gasteiger partial charge in [-0.2, -0.15) is 0 Å². The highest BCUT2D eigenvalue weighted by Crippen LogP contribution is 2.37. The fraction of sp³-hybridized carbons (Fsp3) is 0.472. The average molecular weight is 573 g/mol. The third kappa shape index (κ3) is 7.84. The molecule has 1 fully saturated rings. The number of hydrogen-bond donors (Lipinski definition) is 0. The van der Waals surface area contributed by atoms with Crippen LogP contribution in [0.25, 0.3) is 0 Å². The molecule has 0 radical (unpaired) electrons. The first-order chi connectivity index (χ1) is 19.6. The summed E-state index contributed by atoms with van der Waals surface area (Å²) in [5.74, 6) is 0.547. The van der Waals surface area contributed by atoms with Crippen LogP contribution in [0.15, 0.2) is 91.0 Å². The van der Waals surface area contributed by atoms with E-state index in [9.17, 15) is 4.79 Å². The van der Waals surface area contributed by atoms with E-state index >= 15 is 0 Å². The zero-order valence-electron chi connectivity index (χ0n) is 25.6. The van der Waals surface area contributed by atoms with Crippen molar-refractivity contribution in [2.75, 3.05) is 13.2 Å². The third-order valence-electron chi connectivity index (χ3n) is 8.59. The molecule has 41 heavy (non-hydrogen) atoms. The molecule has 0 saturated carbocycles. The van der Waals surface area contributed by atoms with E-state index in [1.165, 1.54) is 10.4 Å². The molecule has 220 valence electrons. The summed E-state index contributed by atoms with van der Waals surface area (Å²) in [4.78, 5) is 12.3. The van der Waals surface area contributed by atoms with Gasteiger partial charge >= 0.3 is 0 Å². The number of carbonyl (C=O) groups excluding carboxylic acids is 1. The van der Waals surface area contributed by atoms with Crippen LogP contribution in [0.1, 0.15) is 72.3 Å². The maximum Gasteiger partial charge on any atom is 0.261 e. The van der Waals surface area contributed by atoms with E-state index in [1.54, 1.807) is 0 Å². The highest BCUT2D eigenvalue weighted by Gasteiger charge is 2.50. The Morgan fingerprint density at radius 3 is 2.05 bits per heavy atom. The molecule has 0 amide bonds. The van der Waals surface area contributed by atoms with Gasteiger partial charge in [0.1, 0.15) is 6.61 Å².